The van der Waals surface area contributed by atoms with Gasteiger partial charge in [-0.15, -0.1) is 0 Å². The average molecular weight is 393 g/mol. The van der Waals surface area contributed by atoms with Crippen LogP contribution in [0.3, 0.4) is 0 Å². The number of hydrogen-bond donors (Lipinski definition) is 2. The van der Waals surface area contributed by atoms with E-state index >= 15 is 0 Å². The third kappa shape index (κ3) is 6.78. The van der Waals surface area contributed by atoms with Crippen LogP contribution >= 0.6 is 0 Å². The Morgan fingerprint density at radius 1 is 1.18 bits per heavy atom. The lowest BCUT2D eigenvalue weighted by atomic mass is 10.1. The summed E-state index contributed by atoms with van der Waals surface area (Å²) in [5.41, 5.74) is 1.26. The van der Waals surface area contributed by atoms with Crippen molar-refractivity contribution in [2.24, 2.45) is 11.1 Å². The molecule has 1 aromatic carbocycles. The van der Waals surface area contributed by atoms with Gasteiger partial charge in [-0.05, 0) is 31.0 Å². The number of imide groups is 1. The maximum Gasteiger partial charge on any atom is 0.347 e. The summed E-state index contributed by atoms with van der Waals surface area (Å²) in [6.07, 6.45) is 0. The lowest BCUT2D eigenvalue weighted by Crippen LogP contribution is -2.42. The standard InChI is InChI=1S/C18H23N3O7/c1-11(2)7-19-18(24)20-16(22)8-25-17(23)9-28-21-12(3)13-4-5-14-15(6-13)27-10-26-14/h4-6,11H,7-10H2,1-3H3,(H2,19,20,22,24)/b21-12-. The van der Waals surface area contributed by atoms with Gasteiger partial charge in [0.1, 0.15) is 0 Å². The minimum absolute atomic E-state index is 0.171. The van der Waals surface area contributed by atoms with Crippen LogP contribution in [0.4, 0.5) is 4.79 Å². The molecule has 0 fully saturated rings. The number of esters is 1. The maximum absolute atomic E-state index is 11.6. The summed E-state index contributed by atoms with van der Waals surface area (Å²) in [5.74, 6) is -0.0285. The van der Waals surface area contributed by atoms with Gasteiger partial charge < -0.3 is 24.4 Å². The van der Waals surface area contributed by atoms with Crippen LogP contribution in [0.1, 0.15) is 26.3 Å². The quantitative estimate of drug-likeness (QED) is 0.386. The van der Waals surface area contributed by atoms with Gasteiger partial charge in [-0.3, -0.25) is 10.1 Å². The second kappa shape index (κ2) is 10.1. The van der Waals surface area contributed by atoms with Crippen LogP contribution in [-0.2, 0) is 19.2 Å². The number of carbonyl (C=O) groups is 3. The predicted octanol–water partition coefficient (Wildman–Crippen LogP) is 1.18. The third-order valence-corrected chi connectivity index (χ3v) is 3.46. The lowest BCUT2D eigenvalue weighted by Gasteiger charge is -2.08. The first-order valence-corrected chi connectivity index (χ1v) is 8.65. The average Bonchev–Trinajstić information content (AvgIpc) is 3.12. The van der Waals surface area contributed by atoms with Gasteiger partial charge in [-0.25, -0.2) is 9.59 Å². The predicted molar refractivity (Wildman–Crippen MR) is 98.1 cm³/mol. The van der Waals surface area contributed by atoms with Crippen molar-refractivity contribution < 1.29 is 33.4 Å². The monoisotopic (exact) mass is 393 g/mol. The van der Waals surface area contributed by atoms with Gasteiger partial charge in [0.25, 0.3) is 5.91 Å². The van der Waals surface area contributed by atoms with Gasteiger partial charge in [0, 0.05) is 12.1 Å². The Balaban J connectivity index is 1.68. The number of carbonyl (C=O) groups excluding carboxylic acids is 3. The molecule has 0 radical (unpaired) electrons. The largest absolute Gasteiger partial charge is 0.454 e. The van der Waals surface area contributed by atoms with Crippen molar-refractivity contribution in [1.29, 1.82) is 0 Å². The lowest BCUT2D eigenvalue weighted by molar-refractivity contribution is -0.152. The van der Waals surface area contributed by atoms with E-state index in [0.717, 1.165) is 5.56 Å². The van der Waals surface area contributed by atoms with Crippen molar-refractivity contribution in [2.75, 3.05) is 26.6 Å². The van der Waals surface area contributed by atoms with Crippen LogP contribution in [0.25, 0.3) is 0 Å². The summed E-state index contributed by atoms with van der Waals surface area (Å²) in [6, 6.07) is 4.64. The molecule has 2 rings (SSSR count). The Kier molecular flexibility index (Phi) is 7.61. The highest BCUT2D eigenvalue weighted by molar-refractivity contribution is 5.99. The van der Waals surface area contributed by atoms with Crippen molar-refractivity contribution in [3.05, 3.63) is 23.8 Å². The SMILES string of the molecule is C/C(=N/OCC(=O)OCC(=O)NC(=O)NCC(C)C)c1ccc2c(c1)OCO2. The van der Waals surface area contributed by atoms with Gasteiger partial charge in [-0.2, -0.15) is 0 Å². The van der Waals surface area contributed by atoms with E-state index in [4.69, 9.17) is 19.0 Å². The zero-order valence-corrected chi connectivity index (χ0v) is 15.9. The fraction of sp³-hybridized carbons (Fsp3) is 0.444. The van der Waals surface area contributed by atoms with Crippen molar-refractivity contribution in [1.82, 2.24) is 10.6 Å². The molecular formula is C18H23N3O7. The first-order chi connectivity index (χ1) is 13.3. The molecule has 0 saturated carbocycles. The van der Waals surface area contributed by atoms with E-state index in [1.807, 2.05) is 13.8 Å². The molecule has 3 amide bonds. The Morgan fingerprint density at radius 3 is 2.68 bits per heavy atom. The Labute approximate surface area is 162 Å². The van der Waals surface area contributed by atoms with Crippen molar-refractivity contribution in [2.45, 2.75) is 20.8 Å². The van der Waals surface area contributed by atoms with Gasteiger partial charge in [0.15, 0.2) is 18.1 Å². The molecule has 1 aliphatic heterocycles. The van der Waals surface area contributed by atoms with E-state index in [-0.39, 0.29) is 12.7 Å². The number of nitrogens with one attached hydrogen (secondary N) is 2. The van der Waals surface area contributed by atoms with Crippen LogP contribution in [0, 0.1) is 5.92 Å². The highest BCUT2D eigenvalue weighted by atomic mass is 16.7. The smallest absolute Gasteiger partial charge is 0.347 e. The second-order valence-electron chi connectivity index (χ2n) is 6.33. The zero-order valence-electron chi connectivity index (χ0n) is 15.9. The molecule has 1 aromatic rings. The van der Waals surface area contributed by atoms with E-state index in [1.54, 1.807) is 25.1 Å². The van der Waals surface area contributed by atoms with Gasteiger partial charge in [0.05, 0.1) is 5.71 Å². The fourth-order valence-electron chi connectivity index (χ4n) is 2.05. The Hall–Kier alpha value is -3.30. The number of amides is 3. The Morgan fingerprint density at radius 2 is 1.93 bits per heavy atom. The normalized spacial score (nSPS) is 12.5. The summed E-state index contributed by atoms with van der Waals surface area (Å²) in [6.45, 7) is 5.06. The Bertz CT molecular complexity index is 762. The highest BCUT2D eigenvalue weighted by Crippen LogP contribution is 2.32. The van der Waals surface area contributed by atoms with Crippen molar-refractivity contribution in [3.8, 4) is 11.5 Å². The van der Waals surface area contributed by atoms with Crippen LogP contribution in [-0.4, -0.2) is 50.2 Å². The van der Waals surface area contributed by atoms with Gasteiger partial charge in [-0.1, -0.05) is 19.0 Å². The molecule has 1 aliphatic rings. The number of hydrogen-bond acceptors (Lipinski definition) is 8. The van der Waals surface area contributed by atoms with E-state index < -0.39 is 31.1 Å². The van der Waals surface area contributed by atoms with Crippen molar-refractivity contribution in [3.63, 3.8) is 0 Å². The van der Waals surface area contributed by atoms with Crippen molar-refractivity contribution >= 4 is 23.6 Å². The first kappa shape index (κ1) is 21.0. The molecule has 0 bridgehead atoms. The number of urea groups is 1. The van der Waals surface area contributed by atoms with Gasteiger partial charge >= 0.3 is 12.0 Å². The van der Waals surface area contributed by atoms with E-state index in [1.165, 1.54) is 0 Å². The molecule has 0 aromatic heterocycles. The molecule has 0 unspecified atom stereocenters. The minimum Gasteiger partial charge on any atom is -0.454 e. The maximum atomic E-state index is 11.6. The highest BCUT2D eigenvalue weighted by Gasteiger charge is 2.15. The van der Waals surface area contributed by atoms with Crippen LogP contribution in [0.15, 0.2) is 23.4 Å². The van der Waals surface area contributed by atoms with Gasteiger partial charge in [0.2, 0.25) is 13.4 Å². The summed E-state index contributed by atoms with van der Waals surface area (Å²) >= 11 is 0. The van der Waals surface area contributed by atoms with Crippen LogP contribution < -0.4 is 20.1 Å². The van der Waals surface area contributed by atoms with Crippen LogP contribution in [0.5, 0.6) is 11.5 Å². The molecule has 152 valence electrons. The molecule has 10 nitrogen and oxygen atoms in total. The number of rotatable bonds is 8. The molecule has 2 N–H and O–H groups in total. The molecule has 10 heteroatoms. The molecule has 0 aliphatic carbocycles. The summed E-state index contributed by atoms with van der Waals surface area (Å²) < 4.78 is 15.2. The molecule has 0 saturated heterocycles. The topological polar surface area (TPSA) is 125 Å². The van der Waals surface area contributed by atoms with E-state index in [9.17, 15) is 14.4 Å². The summed E-state index contributed by atoms with van der Waals surface area (Å²) in [7, 11) is 0. The number of nitrogens with zero attached hydrogens (tertiary/aromatic N) is 1. The molecule has 0 atom stereocenters. The van der Waals surface area contributed by atoms with Crippen LogP contribution in [0.2, 0.25) is 0 Å². The number of fused-ring (bicyclic) bond motifs is 1. The minimum atomic E-state index is -0.792. The number of benzene rings is 1. The molecule has 1 heterocycles. The first-order valence-electron chi connectivity index (χ1n) is 8.65. The summed E-state index contributed by atoms with van der Waals surface area (Å²) in [4.78, 5) is 39.5. The number of ether oxygens (including phenoxy) is 3. The number of oxime groups is 1. The molecule has 28 heavy (non-hydrogen) atoms. The summed E-state index contributed by atoms with van der Waals surface area (Å²) in [5, 5.41) is 8.39. The fourth-order valence-corrected chi connectivity index (χ4v) is 2.05. The van der Waals surface area contributed by atoms with E-state index in [0.29, 0.717) is 23.8 Å². The molecular weight excluding hydrogens is 370 g/mol. The molecule has 0 spiro atoms. The van der Waals surface area contributed by atoms with E-state index in [2.05, 4.69) is 15.8 Å². The zero-order chi connectivity index (χ0) is 20.5. The third-order valence-electron chi connectivity index (χ3n) is 3.46. The second-order valence-corrected chi connectivity index (χ2v) is 6.33.